The zero-order valence-corrected chi connectivity index (χ0v) is 17.5. The van der Waals surface area contributed by atoms with Crippen LogP contribution in [0.2, 0.25) is 0 Å². The fraction of sp³-hybridized carbons (Fsp3) is 0.421. The molecule has 0 bridgehead atoms. The van der Waals surface area contributed by atoms with Gasteiger partial charge < -0.3 is 10.6 Å². The second-order valence-corrected chi connectivity index (χ2v) is 8.74. The lowest BCUT2D eigenvalue weighted by atomic mass is 10.2. The molecule has 1 aliphatic rings. The zero-order valence-electron chi connectivity index (χ0n) is 16.7. The maximum absolute atomic E-state index is 12.2. The smallest absolute Gasteiger partial charge is 0.313 e. The number of rotatable bonds is 7. The van der Waals surface area contributed by atoms with Crippen LogP contribution in [0.3, 0.4) is 0 Å². The summed E-state index contributed by atoms with van der Waals surface area (Å²) < 4.78 is 28.7. The Hall–Kier alpha value is -2.72. The number of nitrogens with zero attached hydrogens (tertiary/aromatic N) is 2. The number of nitrogens with one attached hydrogen (secondary N) is 3. The first-order chi connectivity index (χ1) is 13.7. The highest BCUT2D eigenvalue weighted by Gasteiger charge is 2.28. The summed E-state index contributed by atoms with van der Waals surface area (Å²) in [6.07, 6.45) is 1.70. The molecule has 3 N–H and O–H groups in total. The van der Waals surface area contributed by atoms with E-state index in [1.165, 1.54) is 24.3 Å². The topological polar surface area (TPSA) is 122 Å². The number of carbonyl (C=O) groups is 2. The van der Waals surface area contributed by atoms with Crippen LogP contribution in [0, 0.1) is 13.8 Å². The van der Waals surface area contributed by atoms with Crippen molar-refractivity contribution in [1.82, 2.24) is 19.8 Å². The summed E-state index contributed by atoms with van der Waals surface area (Å²) in [6, 6.07) is 5.70. The number of aryl methyl sites for hydroxylation is 2. The Morgan fingerprint density at radius 1 is 1.14 bits per heavy atom. The third-order valence-electron chi connectivity index (χ3n) is 4.78. The van der Waals surface area contributed by atoms with Gasteiger partial charge in [0.1, 0.15) is 0 Å². The number of anilines is 1. The van der Waals surface area contributed by atoms with Gasteiger partial charge in [-0.15, -0.1) is 0 Å². The average Bonchev–Trinajstić information content (AvgIpc) is 3.44. The summed E-state index contributed by atoms with van der Waals surface area (Å²) in [4.78, 5) is 24.4. The Kier molecular flexibility index (Phi) is 6.04. The molecule has 0 saturated heterocycles. The number of benzene rings is 1. The van der Waals surface area contributed by atoms with Crippen LogP contribution < -0.4 is 15.4 Å². The van der Waals surface area contributed by atoms with E-state index in [4.69, 9.17) is 0 Å². The van der Waals surface area contributed by atoms with Gasteiger partial charge in [0.15, 0.2) is 0 Å². The van der Waals surface area contributed by atoms with E-state index in [0.29, 0.717) is 5.69 Å². The van der Waals surface area contributed by atoms with Crippen molar-refractivity contribution in [3.05, 3.63) is 41.2 Å². The van der Waals surface area contributed by atoms with Crippen molar-refractivity contribution in [2.75, 3.05) is 5.32 Å². The lowest BCUT2D eigenvalue weighted by Crippen LogP contribution is -2.35. The van der Waals surface area contributed by atoms with Crippen molar-refractivity contribution >= 4 is 27.5 Å². The minimum atomic E-state index is -3.56. The van der Waals surface area contributed by atoms with Gasteiger partial charge in [0.2, 0.25) is 10.0 Å². The molecular weight excluding hydrogens is 394 g/mol. The number of carbonyl (C=O) groups excluding carboxylic acids is 2. The normalized spacial score (nSPS) is 13.9. The minimum absolute atomic E-state index is 0.0137. The van der Waals surface area contributed by atoms with Gasteiger partial charge in [0.05, 0.1) is 10.6 Å². The van der Waals surface area contributed by atoms with Crippen LogP contribution in [-0.4, -0.2) is 36.1 Å². The molecule has 2 amide bonds. The average molecular weight is 420 g/mol. The molecule has 0 spiro atoms. The Labute approximate surface area is 169 Å². The molecule has 0 unspecified atom stereocenters. The monoisotopic (exact) mass is 419 g/mol. The third-order valence-corrected chi connectivity index (χ3v) is 6.32. The third kappa shape index (κ3) is 5.01. The van der Waals surface area contributed by atoms with Gasteiger partial charge in [-0.3, -0.25) is 14.3 Å². The maximum atomic E-state index is 12.2. The summed E-state index contributed by atoms with van der Waals surface area (Å²) in [5.41, 5.74) is 2.97. The molecule has 1 saturated carbocycles. The van der Waals surface area contributed by atoms with E-state index < -0.39 is 21.8 Å². The number of hydrogen-bond donors (Lipinski definition) is 3. The van der Waals surface area contributed by atoms with Gasteiger partial charge >= 0.3 is 11.8 Å². The van der Waals surface area contributed by atoms with Crippen molar-refractivity contribution in [3.8, 4) is 0 Å². The Bertz CT molecular complexity index is 1020. The molecule has 1 aromatic carbocycles. The molecule has 1 fully saturated rings. The highest BCUT2D eigenvalue weighted by Crippen LogP contribution is 2.22. The number of hydrogen-bond acceptors (Lipinski definition) is 5. The van der Waals surface area contributed by atoms with Crippen LogP contribution >= 0.6 is 0 Å². The van der Waals surface area contributed by atoms with Gasteiger partial charge in [0.25, 0.3) is 0 Å². The predicted molar refractivity (Wildman–Crippen MR) is 108 cm³/mol. The van der Waals surface area contributed by atoms with E-state index in [1.54, 1.807) is 0 Å². The number of sulfonamides is 1. The lowest BCUT2D eigenvalue weighted by molar-refractivity contribution is -0.136. The van der Waals surface area contributed by atoms with E-state index in [9.17, 15) is 18.0 Å². The summed E-state index contributed by atoms with van der Waals surface area (Å²) >= 11 is 0. The van der Waals surface area contributed by atoms with Crippen molar-refractivity contribution in [1.29, 1.82) is 0 Å². The zero-order chi connectivity index (χ0) is 21.2. The van der Waals surface area contributed by atoms with Gasteiger partial charge in [0, 0.05) is 36.1 Å². The molecule has 0 aliphatic heterocycles. The van der Waals surface area contributed by atoms with E-state index in [-0.39, 0.29) is 17.5 Å². The van der Waals surface area contributed by atoms with Crippen LogP contribution in [0.15, 0.2) is 29.2 Å². The first kappa shape index (κ1) is 21.0. The summed E-state index contributed by atoms with van der Waals surface area (Å²) in [6.45, 7) is 6.68. The molecule has 1 heterocycles. The van der Waals surface area contributed by atoms with E-state index in [1.807, 2.05) is 25.5 Å². The quantitative estimate of drug-likeness (QED) is 0.583. The van der Waals surface area contributed by atoms with Crippen LogP contribution in [0.1, 0.15) is 36.7 Å². The predicted octanol–water partition coefficient (Wildman–Crippen LogP) is 1.22. The Morgan fingerprint density at radius 2 is 1.79 bits per heavy atom. The number of amides is 2. The molecule has 0 atom stereocenters. The van der Waals surface area contributed by atoms with Crippen LogP contribution in [0.5, 0.6) is 0 Å². The summed E-state index contributed by atoms with van der Waals surface area (Å²) in [5, 5.41) is 9.44. The molecule has 9 nitrogen and oxygen atoms in total. The minimum Gasteiger partial charge on any atom is -0.344 e. The van der Waals surface area contributed by atoms with Crippen molar-refractivity contribution < 1.29 is 18.0 Å². The van der Waals surface area contributed by atoms with Gasteiger partial charge in [-0.05, 0) is 57.9 Å². The molecule has 1 aromatic heterocycles. The Morgan fingerprint density at radius 3 is 2.34 bits per heavy atom. The highest BCUT2D eigenvalue weighted by atomic mass is 32.2. The van der Waals surface area contributed by atoms with Gasteiger partial charge in [-0.25, -0.2) is 13.1 Å². The molecule has 1 aliphatic carbocycles. The van der Waals surface area contributed by atoms with Crippen molar-refractivity contribution in [2.45, 2.75) is 57.6 Å². The van der Waals surface area contributed by atoms with E-state index in [2.05, 4.69) is 20.5 Å². The first-order valence-corrected chi connectivity index (χ1v) is 10.9. The second kappa shape index (κ2) is 8.34. The first-order valence-electron chi connectivity index (χ1n) is 9.45. The molecule has 156 valence electrons. The largest absolute Gasteiger partial charge is 0.344 e. The molecule has 10 heteroatoms. The number of aromatic nitrogens is 2. The van der Waals surface area contributed by atoms with Crippen LogP contribution in [0.25, 0.3) is 0 Å². The van der Waals surface area contributed by atoms with Crippen LogP contribution in [0.4, 0.5) is 5.69 Å². The second-order valence-electron chi connectivity index (χ2n) is 7.02. The van der Waals surface area contributed by atoms with Crippen LogP contribution in [-0.2, 0) is 32.7 Å². The molecule has 0 radical (unpaired) electrons. The summed E-state index contributed by atoms with van der Waals surface area (Å²) in [5.74, 6) is -1.60. The molecule has 29 heavy (non-hydrogen) atoms. The highest BCUT2D eigenvalue weighted by molar-refractivity contribution is 7.89. The van der Waals surface area contributed by atoms with Crippen molar-refractivity contribution in [2.24, 2.45) is 0 Å². The lowest BCUT2D eigenvalue weighted by Gasteiger charge is -2.09. The van der Waals surface area contributed by atoms with E-state index in [0.717, 1.165) is 36.3 Å². The SMILES string of the molecule is CCn1nc(C)c(CNC(=O)C(=O)Nc2ccc(S(=O)(=O)NC3CC3)cc2)c1C. The van der Waals surface area contributed by atoms with Gasteiger partial charge in [-0.1, -0.05) is 0 Å². The standard InChI is InChI=1S/C19H25N5O4S/c1-4-24-13(3)17(12(2)22-24)11-20-18(25)19(26)21-14-7-9-16(10-8-14)29(27,28)23-15-5-6-15/h7-10,15,23H,4-6,11H2,1-3H3,(H,20,25)(H,21,26). The Balaban J connectivity index is 1.57. The fourth-order valence-electron chi connectivity index (χ4n) is 2.94. The summed E-state index contributed by atoms with van der Waals surface area (Å²) in [7, 11) is -3.56. The molecule has 3 rings (SSSR count). The van der Waals surface area contributed by atoms with E-state index >= 15 is 0 Å². The maximum Gasteiger partial charge on any atom is 0.313 e. The molecular formula is C19H25N5O4S. The van der Waals surface area contributed by atoms with Gasteiger partial charge in [-0.2, -0.15) is 5.10 Å². The fourth-order valence-corrected chi connectivity index (χ4v) is 4.25. The van der Waals surface area contributed by atoms with Crippen molar-refractivity contribution in [3.63, 3.8) is 0 Å². The molecule has 2 aromatic rings.